The van der Waals surface area contributed by atoms with Gasteiger partial charge in [-0.1, -0.05) is 18.2 Å². The van der Waals surface area contributed by atoms with Gasteiger partial charge in [0, 0.05) is 0 Å². The molecule has 2 aliphatic rings. The summed E-state index contributed by atoms with van der Waals surface area (Å²) < 4.78 is 20.6. The minimum Gasteiger partial charge on any atom is -0.469 e. The van der Waals surface area contributed by atoms with Crippen molar-refractivity contribution in [1.82, 2.24) is 0 Å². The van der Waals surface area contributed by atoms with Crippen LogP contribution in [0.4, 0.5) is 0 Å². The number of benzene rings is 1. The number of carbonyl (C=O) groups excluding carboxylic acids is 2. The van der Waals surface area contributed by atoms with Gasteiger partial charge in [0.2, 0.25) is 0 Å². The van der Waals surface area contributed by atoms with E-state index in [1.54, 1.807) is 30.3 Å². The molecule has 2 saturated heterocycles. The molecule has 8 nitrogen and oxygen atoms in total. The molecule has 1 aromatic rings. The summed E-state index contributed by atoms with van der Waals surface area (Å²) in [5.74, 6) is -2.44. The highest BCUT2D eigenvalue weighted by molar-refractivity contribution is 5.89. The lowest BCUT2D eigenvalue weighted by Gasteiger charge is -2.33. The first-order valence-electron chi connectivity index (χ1n) is 7.50. The van der Waals surface area contributed by atoms with Gasteiger partial charge in [-0.15, -0.1) is 0 Å². The number of fused-ring (bicyclic) bond motifs is 2. The number of hydrogen-bond donors (Lipinski definition) is 2. The molecular weight excluding hydrogens is 320 g/mol. The van der Waals surface area contributed by atoms with Gasteiger partial charge >= 0.3 is 11.9 Å². The second kappa shape index (κ2) is 6.86. The first-order chi connectivity index (χ1) is 11.5. The van der Waals surface area contributed by atoms with Crippen molar-refractivity contribution in [2.24, 2.45) is 5.92 Å². The fraction of sp³-hybridized carbons (Fsp3) is 0.500. The van der Waals surface area contributed by atoms with Gasteiger partial charge in [0.15, 0.2) is 6.29 Å². The molecule has 2 heterocycles. The van der Waals surface area contributed by atoms with E-state index in [9.17, 15) is 19.8 Å². The zero-order valence-corrected chi connectivity index (χ0v) is 12.9. The Bertz CT molecular complexity index is 603. The quantitative estimate of drug-likeness (QED) is 0.705. The smallest absolute Gasteiger partial charge is 0.338 e. The Labute approximate surface area is 137 Å². The summed E-state index contributed by atoms with van der Waals surface area (Å²) in [7, 11) is 1.17. The highest BCUT2D eigenvalue weighted by Gasteiger charge is 2.58. The Hall–Kier alpha value is -2.00. The molecule has 0 spiro atoms. The van der Waals surface area contributed by atoms with Gasteiger partial charge in [-0.3, -0.25) is 4.79 Å². The predicted octanol–water partition coefficient (Wildman–Crippen LogP) is -0.522. The Kier molecular flexibility index (Phi) is 4.81. The molecule has 3 rings (SSSR count). The van der Waals surface area contributed by atoms with E-state index in [1.165, 1.54) is 7.11 Å². The number of aliphatic hydroxyl groups excluding tert-OH is 2. The van der Waals surface area contributed by atoms with Crippen LogP contribution in [0.2, 0.25) is 0 Å². The Morgan fingerprint density at radius 3 is 2.50 bits per heavy atom. The molecule has 6 unspecified atom stereocenters. The van der Waals surface area contributed by atoms with Crippen LogP contribution >= 0.6 is 0 Å². The molecular formula is C16H18O8. The van der Waals surface area contributed by atoms with E-state index >= 15 is 0 Å². The van der Waals surface area contributed by atoms with Crippen molar-refractivity contribution in [3.8, 4) is 0 Å². The maximum absolute atomic E-state index is 12.0. The van der Waals surface area contributed by atoms with Gasteiger partial charge < -0.3 is 29.2 Å². The van der Waals surface area contributed by atoms with E-state index < -0.39 is 48.6 Å². The maximum Gasteiger partial charge on any atom is 0.338 e. The second-order valence-electron chi connectivity index (χ2n) is 5.63. The number of carbonyl (C=O) groups is 2. The minimum absolute atomic E-state index is 0.174. The van der Waals surface area contributed by atoms with Crippen LogP contribution in [0.5, 0.6) is 0 Å². The number of ether oxygens (including phenoxy) is 4. The molecule has 0 radical (unpaired) electrons. The van der Waals surface area contributed by atoms with E-state index in [-0.39, 0.29) is 6.61 Å². The zero-order valence-electron chi connectivity index (χ0n) is 12.9. The van der Waals surface area contributed by atoms with Gasteiger partial charge in [-0.25, -0.2) is 4.79 Å². The molecule has 2 bridgehead atoms. The topological polar surface area (TPSA) is 112 Å². The number of rotatable bonds is 4. The minimum atomic E-state index is -1.45. The van der Waals surface area contributed by atoms with Crippen molar-refractivity contribution in [1.29, 1.82) is 0 Å². The van der Waals surface area contributed by atoms with Crippen molar-refractivity contribution in [2.45, 2.75) is 30.7 Å². The summed E-state index contributed by atoms with van der Waals surface area (Å²) >= 11 is 0. The summed E-state index contributed by atoms with van der Waals surface area (Å²) in [6, 6.07) is 8.41. The molecule has 6 atom stereocenters. The molecule has 0 saturated carbocycles. The standard InChI is InChI=1S/C16H18O8/c1-21-15(19)10-13-11(17)12(24-16(10)20)9(23-13)7-22-14(18)8-5-3-2-4-6-8/h2-6,9-13,16-17,20H,7H2,1H3. The Morgan fingerprint density at radius 1 is 1.12 bits per heavy atom. The fourth-order valence-corrected chi connectivity index (χ4v) is 2.98. The SMILES string of the molecule is COC(=O)C1C(O)OC2C(COC(=O)c3ccccc3)OC1C2O. The van der Waals surface area contributed by atoms with Crippen LogP contribution < -0.4 is 0 Å². The maximum atomic E-state index is 12.0. The van der Waals surface area contributed by atoms with Gasteiger partial charge in [0.1, 0.15) is 36.9 Å². The van der Waals surface area contributed by atoms with Crippen molar-refractivity contribution >= 4 is 11.9 Å². The summed E-state index contributed by atoms with van der Waals surface area (Å²) in [6.45, 7) is -0.174. The van der Waals surface area contributed by atoms with Crippen LogP contribution in [0.25, 0.3) is 0 Å². The van der Waals surface area contributed by atoms with E-state index in [4.69, 9.17) is 14.2 Å². The van der Waals surface area contributed by atoms with Crippen molar-refractivity contribution < 1.29 is 38.7 Å². The summed E-state index contributed by atoms with van der Waals surface area (Å²) in [5, 5.41) is 20.1. The monoisotopic (exact) mass is 338 g/mol. The Morgan fingerprint density at radius 2 is 1.83 bits per heavy atom. The van der Waals surface area contributed by atoms with E-state index in [2.05, 4.69) is 4.74 Å². The lowest BCUT2D eigenvalue weighted by Crippen LogP contribution is -2.53. The molecule has 2 aliphatic heterocycles. The largest absolute Gasteiger partial charge is 0.469 e. The summed E-state index contributed by atoms with van der Waals surface area (Å²) in [5.41, 5.74) is 0.382. The number of methoxy groups -OCH3 is 1. The van der Waals surface area contributed by atoms with Crippen molar-refractivity contribution in [2.75, 3.05) is 13.7 Å². The highest BCUT2D eigenvalue weighted by atomic mass is 16.7. The van der Waals surface area contributed by atoms with Crippen LogP contribution in [-0.2, 0) is 23.7 Å². The van der Waals surface area contributed by atoms with E-state index in [1.807, 2.05) is 0 Å². The third kappa shape index (κ3) is 3.01. The lowest BCUT2D eigenvalue weighted by molar-refractivity contribution is -0.228. The third-order valence-corrected chi connectivity index (χ3v) is 4.19. The van der Waals surface area contributed by atoms with Crippen LogP contribution in [0.15, 0.2) is 30.3 Å². The van der Waals surface area contributed by atoms with Crippen LogP contribution in [-0.4, -0.2) is 66.6 Å². The van der Waals surface area contributed by atoms with E-state index in [0.29, 0.717) is 5.56 Å². The molecule has 130 valence electrons. The van der Waals surface area contributed by atoms with Gasteiger partial charge in [0.05, 0.1) is 12.7 Å². The first-order valence-corrected chi connectivity index (χ1v) is 7.50. The summed E-state index contributed by atoms with van der Waals surface area (Å²) in [6.07, 6.45) is -5.24. The third-order valence-electron chi connectivity index (χ3n) is 4.19. The van der Waals surface area contributed by atoms with E-state index in [0.717, 1.165) is 0 Å². The molecule has 2 N–H and O–H groups in total. The molecule has 1 aromatic carbocycles. The average Bonchev–Trinajstić information content (AvgIpc) is 2.80. The second-order valence-corrected chi connectivity index (χ2v) is 5.63. The van der Waals surface area contributed by atoms with Crippen molar-refractivity contribution in [3.63, 3.8) is 0 Å². The van der Waals surface area contributed by atoms with Gasteiger partial charge in [-0.05, 0) is 12.1 Å². The van der Waals surface area contributed by atoms with Gasteiger partial charge in [0.25, 0.3) is 0 Å². The summed E-state index contributed by atoms with van der Waals surface area (Å²) in [4.78, 5) is 23.7. The van der Waals surface area contributed by atoms with Crippen molar-refractivity contribution in [3.05, 3.63) is 35.9 Å². The molecule has 2 fully saturated rings. The van der Waals surface area contributed by atoms with Crippen LogP contribution in [0.3, 0.4) is 0 Å². The molecule has 0 amide bonds. The zero-order chi connectivity index (χ0) is 17.3. The van der Waals surface area contributed by atoms with Gasteiger partial charge in [-0.2, -0.15) is 0 Å². The molecule has 24 heavy (non-hydrogen) atoms. The van der Waals surface area contributed by atoms with Crippen LogP contribution in [0, 0.1) is 5.92 Å². The fourth-order valence-electron chi connectivity index (χ4n) is 2.98. The number of hydrogen-bond acceptors (Lipinski definition) is 8. The normalized spacial score (nSPS) is 34.6. The molecule has 0 aliphatic carbocycles. The molecule has 0 aromatic heterocycles. The number of esters is 2. The predicted molar refractivity (Wildman–Crippen MR) is 77.8 cm³/mol. The lowest BCUT2D eigenvalue weighted by atomic mass is 9.92. The number of aliphatic hydroxyl groups is 2. The Balaban J connectivity index is 1.65. The first kappa shape index (κ1) is 16.8. The highest BCUT2D eigenvalue weighted by Crippen LogP contribution is 2.37. The van der Waals surface area contributed by atoms with Crippen LogP contribution in [0.1, 0.15) is 10.4 Å². The average molecular weight is 338 g/mol. The molecule has 8 heteroatoms.